The van der Waals surface area contributed by atoms with Gasteiger partial charge in [0.05, 0.1) is 40.0 Å². The topological polar surface area (TPSA) is 34.1 Å². The molecule has 0 aromatic rings. The molecule has 0 amide bonds. The highest BCUT2D eigenvalue weighted by Crippen LogP contribution is 2.16. The van der Waals surface area contributed by atoms with E-state index in [4.69, 9.17) is 0 Å². The smallest absolute Gasteiger partial charge is 0.138 e. The Morgan fingerprint density at radius 2 is 0.511 bits per heavy atom. The first kappa shape index (κ1) is 44.3. The van der Waals surface area contributed by atoms with Crippen LogP contribution in [0.2, 0.25) is 0 Å². The van der Waals surface area contributed by atoms with Crippen molar-refractivity contribution >= 4 is 11.6 Å². The van der Waals surface area contributed by atoms with Crippen LogP contribution in [-0.2, 0) is 9.59 Å². The van der Waals surface area contributed by atoms with Gasteiger partial charge in [-0.2, -0.15) is 0 Å². The molecule has 3 nitrogen and oxygen atoms in total. The van der Waals surface area contributed by atoms with Crippen LogP contribution < -0.4 is 0 Å². The van der Waals surface area contributed by atoms with Gasteiger partial charge in [0, 0.05) is 12.8 Å². The zero-order valence-corrected chi connectivity index (χ0v) is 31.7. The molecule has 0 saturated heterocycles. The summed E-state index contributed by atoms with van der Waals surface area (Å²) in [7, 11) is 4.36. The van der Waals surface area contributed by atoms with E-state index in [2.05, 4.69) is 27.9 Å². The zero-order valence-electron chi connectivity index (χ0n) is 31.7. The summed E-state index contributed by atoms with van der Waals surface area (Å²) in [6.45, 7) is 6.30. The van der Waals surface area contributed by atoms with E-state index in [0.717, 1.165) is 43.3 Å². The highest BCUT2D eigenvalue weighted by molar-refractivity contribution is 5.78. The van der Waals surface area contributed by atoms with Gasteiger partial charge in [-0.3, -0.25) is 9.59 Å². The number of nitrogens with zero attached hydrogens (tertiary/aromatic N) is 1. The fourth-order valence-corrected chi connectivity index (χ4v) is 6.60. The molecule has 45 heavy (non-hydrogen) atoms. The number of Topliss-reactive ketones (excluding diaryl/α,β-unsaturated/α-hetero) is 2. The first-order valence-electron chi connectivity index (χ1n) is 20.8. The molecule has 0 atom stereocenters. The summed E-state index contributed by atoms with van der Waals surface area (Å²) in [4.78, 5) is 24.9. The minimum absolute atomic E-state index is 0.417. The van der Waals surface area contributed by atoms with E-state index in [1.54, 1.807) is 0 Å². The molecule has 3 heteroatoms. The van der Waals surface area contributed by atoms with Crippen molar-refractivity contribution in [1.29, 1.82) is 0 Å². The second kappa shape index (κ2) is 34.6. The molecule has 0 heterocycles. The van der Waals surface area contributed by atoms with Gasteiger partial charge >= 0.3 is 0 Å². The summed E-state index contributed by atoms with van der Waals surface area (Å²) < 4.78 is 0.787. The number of carbonyl (C=O) groups is 2. The third-order valence-electron chi connectivity index (χ3n) is 10.1. The van der Waals surface area contributed by atoms with Gasteiger partial charge < -0.3 is 4.48 Å². The molecule has 0 saturated carbocycles. The SMILES string of the molecule is CCCCCCCCCCCCCCCCCC(=O)CC[N+](C)(C)CCC(=O)CCCCCCCCCCCCCCCCC. The Hall–Kier alpha value is -0.700. The Morgan fingerprint density at radius 1 is 0.311 bits per heavy atom. The van der Waals surface area contributed by atoms with E-state index in [1.807, 2.05) is 0 Å². The van der Waals surface area contributed by atoms with Gasteiger partial charge in [0.15, 0.2) is 0 Å². The Bertz CT molecular complexity index is 576. The molecule has 0 fully saturated rings. The van der Waals surface area contributed by atoms with Crippen LogP contribution in [0.1, 0.15) is 232 Å². The van der Waals surface area contributed by atoms with E-state index in [0.29, 0.717) is 24.4 Å². The van der Waals surface area contributed by atoms with Crippen LogP contribution in [-0.4, -0.2) is 43.2 Å². The average molecular weight is 635 g/mol. The van der Waals surface area contributed by atoms with Crippen molar-refractivity contribution in [1.82, 2.24) is 0 Å². The predicted molar refractivity (Wildman–Crippen MR) is 200 cm³/mol. The van der Waals surface area contributed by atoms with Crippen molar-refractivity contribution in [3.8, 4) is 0 Å². The van der Waals surface area contributed by atoms with Gasteiger partial charge in [0.25, 0.3) is 0 Å². The highest BCUT2D eigenvalue weighted by Gasteiger charge is 2.18. The Morgan fingerprint density at radius 3 is 0.733 bits per heavy atom. The van der Waals surface area contributed by atoms with Crippen LogP contribution >= 0.6 is 0 Å². The number of ketones is 2. The van der Waals surface area contributed by atoms with Crippen LogP contribution in [0.3, 0.4) is 0 Å². The first-order chi connectivity index (χ1) is 21.9. The van der Waals surface area contributed by atoms with Crippen molar-refractivity contribution in [3.05, 3.63) is 0 Å². The van der Waals surface area contributed by atoms with Crippen molar-refractivity contribution in [3.63, 3.8) is 0 Å². The lowest BCUT2D eigenvalue weighted by molar-refractivity contribution is -0.889. The lowest BCUT2D eigenvalue weighted by Gasteiger charge is -2.29. The molecule has 0 unspecified atom stereocenters. The maximum atomic E-state index is 12.5. The van der Waals surface area contributed by atoms with Crippen LogP contribution in [0.5, 0.6) is 0 Å². The van der Waals surface area contributed by atoms with Crippen molar-refractivity contribution in [2.75, 3.05) is 27.2 Å². The minimum Gasteiger partial charge on any atom is -0.328 e. The summed E-state index contributed by atoms with van der Waals surface area (Å²) in [6.07, 6.45) is 43.6. The van der Waals surface area contributed by atoms with E-state index in [-0.39, 0.29) is 0 Å². The van der Waals surface area contributed by atoms with Crippen LogP contribution in [0.4, 0.5) is 0 Å². The Kier molecular flexibility index (Phi) is 34.1. The molecular formula is C42H84NO2+. The van der Waals surface area contributed by atoms with Crippen LogP contribution in [0.25, 0.3) is 0 Å². The van der Waals surface area contributed by atoms with Gasteiger partial charge in [-0.15, -0.1) is 0 Å². The number of rotatable bonds is 38. The summed E-state index contributed by atoms with van der Waals surface area (Å²) in [5.41, 5.74) is 0. The quantitative estimate of drug-likeness (QED) is 0.0500. The highest BCUT2D eigenvalue weighted by atomic mass is 16.1. The van der Waals surface area contributed by atoms with Gasteiger partial charge in [0.1, 0.15) is 11.6 Å². The predicted octanol–water partition coefficient (Wildman–Crippen LogP) is 13.5. The molecule has 0 radical (unpaired) electrons. The number of hydrogen-bond acceptors (Lipinski definition) is 2. The second-order valence-corrected chi connectivity index (χ2v) is 15.4. The monoisotopic (exact) mass is 635 g/mol. The summed E-state index contributed by atoms with van der Waals surface area (Å²) in [5, 5.41) is 0. The normalized spacial score (nSPS) is 11.8. The number of hydrogen-bond donors (Lipinski definition) is 0. The van der Waals surface area contributed by atoms with Crippen LogP contribution in [0.15, 0.2) is 0 Å². The summed E-state index contributed by atoms with van der Waals surface area (Å²) in [6, 6.07) is 0. The third-order valence-corrected chi connectivity index (χ3v) is 10.1. The number of unbranched alkanes of at least 4 members (excludes halogenated alkanes) is 28. The average Bonchev–Trinajstić information content (AvgIpc) is 3.03. The van der Waals surface area contributed by atoms with E-state index >= 15 is 0 Å². The van der Waals surface area contributed by atoms with Gasteiger partial charge in [-0.25, -0.2) is 0 Å². The number of quaternary nitrogens is 1. The van der Waals surface area contributed by atoms with Crippen molar-refractivity contribution < 1.29 is 14.1 Å². The summed E-state index contributed by atoms with van der Waals surface area (Å²) >= 11 is 0. The van der Waals surface area contributed by atoms with E-state index in [9.17, 15) is 9.59 Å². The van der Waals surface area contributed by atoms with Crippen LogP contribution in [0, 0.1) is 0 Å². The second-order valence-electron chi connectivity index (χ2n) is 15.4. The first-order valence-corrected chi connectivity index (χ1v) is 20.8. The van der Waals surface area contributed by atoms with Crippen molar-refractivity contribution in [2.45, 2.75) is 232 Å². The lowest BCUT2D eigenvalue weighted by Crippen LogP contribution is -2.42. The van der Waals surface area contributed by atoms with Gasteiger partial charge in [-0.05, 0) is 12.8 Å². The molecule has 0 N–H and O–H groups in total. The molecule has 0 aromatic heterocycles. The molecule has 0 aliphatic heterocycles. The molecule has 0 rings (SSSR count). The fraction of sp³-hybridized carbons (Fsp3) is 0.952. The number of carbonyl (C=O) groups excluding carboxylic acids is 2. The standard InChI is InChI=1S/C42H84NO2/c1-5-7-9-11-13-15-17-19-21-23-25-27-29-31-33-35-41(44)37-39-43(3,4)40-38-42(45)36-34-32-30-28-26-24-22-20-18-16-14-12-10-8-6-2/h5-40H2,1-4H3/q+1. The molecule has 0 aliphatic carbocycles. The Labute approximate surface area is 284 Å². The molecule has 0 aromatic carbocycles. The maximum Gasteiger partial charge on any atom is 0.138 e. The Balaban J connectivity index is 3.50. The van der Waals surface area contributed by atoms with E-state index < -0.39 is 0 Å². The molecular weight excluding hydrogens is 550 g/mol. The zero-order chi connectivity index (χ0) is 33.1. The third kappa shape index (κ3) is 36.0. The molecule has 268 valence electrons. The van der Waals surface area contributed by atoms with Gasteiger partial charge in [0.2, 0.25) is 0 Å². The molecule has 0 bridgehead atoms. The summed E-state index contributed by atoms with van der Waals surface area (Å²) in [5.74, 6) is 0.833. The molecule has 0 spiro atoms. The minimum atomic E-state index is 0.417. The maximum absolute atomic E-state index is 12.5. The molecule has 0 aliphatic rings. The van der Waals surface area contributed by atoms with E-state index in [1.165, 1.54) is 180 Å². The van der Waals surface area contributed by atoms with Crippen molar-refractivity contribution in [2.24, 2.45) is 0 Å². The van der Waals surface area contributed by atoms with Gasteiger partial charge in [-0.1, -0.05) is 194 Å². The fourth-order valence-electron chi connectivity index (χ4n) is 6.60. The largest absolute Gasteiger partial charge is 0.328 e. The lowest BCUT2D eigenvalue weighted by atomic mass is 10.0.